The number of carbonyl (C=O) groups excluding carboxylic acids is 1. The molecule has 6 nitrogen and oxygen atoms in total. The van der Waals surface area contributed by atoms with Crippen molar-refractivity contribution in [2.45, 2.75) is 58.0 Å². The highest BCUT2D eigenvalue weighted by Crippen LogP contribution is 2.47. The van der Waals surface area contributed by atoms with Crippen molar-refractivity contribution in [1.29, 1.82) is 0 Å². The Morgan fingerprint density at radius 2 is 2.07 bits per heavy atom. The monoisotopic (exact) mass is 406 g/mol. The maximum Gasteiger partial charge on any atom is 0.193 e. The van der Waals surface area contributed by atoms with Crippen molar-refractivity contribution in [2.24, 2.45) is 5.92 Å². The molecule has 2 fully saturated rings. The quantitative estimate of drug-likeness (QED) is 0.688. The van der Waals surface area contributed by atoms with Gasteiger partial charge in [0, 0.05) is 35.9 Å². The van der Waals surface area contributed by atoms with Gasteiger partial charge in [0.25, 0.3) is 0 Å². The number of ether oxygens (including phenoxy) is 2. The van der Waals surface area contributed by atoms with Crippen molar-refractivity contribution in [3.8, 4) is 22.8 Å². The normalized spacial score (nSPS) is 19.0. The first-order valence-electron chi connectivity index (χ1n) is 11.1. The Bertz CT molecular complexity index is 1110. The largest absolute Gasteiger partial charge is 0.490 e. The molecule has 0 atom stereocenters. The fourth-order valence-corrected chi connectivity index (χ4v) is 4.81. The number of benzene rings is 1. The minimum absolute atomic E-state index is 0.190. The van der Waals surface area contributed by atoms with Gasteiger partial charge >= 0.3 is 0 Å². The summed E-state index contributed by atoms with van der Waals surface area (Å²) in [7, 11) is 0. The molecule has 0 radical (unpaired) electrons. The van der Waals surface area contributed by atoms with E-state index < -0.39 is 0 Å². The second-order valence-corrected chi connectivity index (χ2v) is 9.06. The zero-order chi connectivity index (χ0) is 20.4. The summed E-state index contributed by atoms with van der Waals surface area (Å²) in [5.74, 6) is 2.31. The summed E-state index contributed by atoms with van der Waals surface area (Å²) in [4.78, 5) is 24.7. The van der Waals surface area contributed by atoms with E-state index >= 15 is 0 Å². The topological polar surface area (TPSA) is 60.8 Å². The van der Waals surface area contributed by atoms with Crippen molar-refractivity contribution in [3.05, 3.63) is 45.2 Å². The fraction of sp³-hybridized carbons (Fsp3) is 0.500. The molecule has 3 heterocycles. The van der Waals surface area contributed by atoms with E-state index in [2.05, 4.69) is 11.1 Å². The van der Waals surface area contributed by atoms with Gasteiger partial charge < -0.3 is 14.5 Å². The van der Waals surface area contributed by atoms with Crippen LogP contribution in [0.25, 0.3) is 11.3 Å². The molecule has 0 N–H and O–H groups in total. The van der Waals surface area contributed by atoms with Crippen LogP contribution in [0, 0.1) is 5.92 Å². The maximum atomic E-state index is 12.7. The van der Waals surface area contributed by atoms with Gasteiger partial charge in [-0.1, -0.05) is 12.8 Å². The molecule has 6 heteroatoms. The van der Waals surface area contributed by atoms with Crippen LogP contribution in [0.3, 0.4) is 0 Å². The molecule has 0 spiro atoms. The van der Waals surface area contributed by atoms with Crippen molar-refractivity contribution >= 4 is 5.78 Å². The SMILES string of the molecule is CC(=O)c1cn2c(cc1=O)-c1c(cc(OCCC3CC3)c3c1CCO3)CN2C1CC1. The number of hydrogen-bond donors (Lipinski definition) is 0. The highest BCUT2D eigenvalue weighted by molar-refractivity contribution is 5.94. The van der Waals surface area contributed by atoms with Crippen LogP contribution >= 0.6 is 0 Å². The van der Waals surface area contributed by atoms with E-state index in [1.54, 1.807) is 12.3 Å². The number of nitrogens with zero attached hydrogens (tertiary/aromatic N) is 2. The van der Waals surface area contributed by atoms with Gasteiger partial charge in [0.05, 0.1) is 31.0 Å². The molecule has 30 heavy (non-hydrogen) atoms. The summed E-state index contributed by atoms with van der Waals surface area (Å²) in [6.45, 7) is 3.56. The molecule has 2 aliphatic heterocycles. The first-order chi connectivity index (χ1) is 14.6. The Balaban J connectivity index is 1.48. The minimum Gasteiger partial charge on any atom is -0.490 e. The lowest BCUT2D eigenvalue weighted by Crippen LogP contribution is -2.41. The van der Waals surface area contributed by atoms with E-state index in [9.17, 15) is 9.59 Å². The number of carbonyl (C=O) groups is 1. The Morgan fingerprint density at radius 1 is 1.23 bits per heavy atom. The standard InChI is InChI=1S/C24H26N2O4/c1-14(27)19-13-26-20(11-21(19)28)23-16(12-25(26)17-4-5-17)10-22(24-18(23)7-9-30-24)29-8-6-15-2-3-15/h10-11,13,15,17H,2-9,12H2,1H3. The molecule has 1 aromatic carbocycles. The molecule has 0 unspecified atom stereocenters. The van der Waals surface area contributed by atoms with E-state index in [1.807, 2.05) is 4.68 Å². The first kappa shape index (κ1) is 18.0. The van der Waals surface area contributed by atoms with Crippen LogP contribution in [0.1, 0.15) is 60.5 Å². The molecule has 4 aliphatic rings. The van der Waals surface area contributed by atoms with Crippen molar-refractivity contribution in [2.75, 3.05) is 18.2 Å². The smallest absolute Gasteiger partial charge is 0.193 e. The van der Waals surface area contributed by atoms with Crippen LogP contribution < -0.4 is 19.9 Å². The third-order valence-corrected chi connectivity index (χ3v) is 6.75. The second-order valence-electron chi connectivity index (χ2n) is 9.06. The lowest BCUT2D eigenvalue weighted by atomic mass is 9.93. The molecule has 0 amide bonds. The van der Waals surface area contributed by atoms with Gasteiger partial charge in [-0.15, -0.1) is 0 Å². The zero-order valence-electron chi connectivity index (χ0n) is 17.3. The highest BCUT2D eigenvalue weighted by atomic mass is 16.5. The second kappa shape index (κ2) is 6.62. The Kier molecular flexibility index (Phi) is 3.98. The average molecular weight is 406 g/mol. The molecule has 156 valence electrons. The maximum absolute atomic E-state index is 12.7. The van der Waals surface area contributed by atoms with Crippen LogP contribution in [0.5, 0.6) is 11.5 Å². The molecule has 2 aliphatic carbocycles. The van der Waals surface area contributed by atoms with E-state index in [-0.39, 0.29) is 16.8 Å². The number of ketones is 1. The summed E-state index contributed by atoms with van der Waals surface area (Å²) in [6, 6.07) is 4.20. The molecule has 2 aromatic rings. The number of aromatic nitrogens is 1. The average Bonchev–Trinajstić information content (AvgIpc) is 3.65. The van der Waals surface area contributed by atoms with Gasteiger partial charge in [-0.2, -0.15) is 0 Å². The van der Waals surface area contributed by atoms with Crippen LogP contribution in [-0.2, 0) is 13.0 Å². The third-order valence-electron chi connectivity index (χ3n) is 6.75. The van der Waals surface area contributed by atoms with E-state index in [1.165, 1.54) is 25.3 Å². The number of pyridine rings is 1. The van der Waals surface area contributed by atoms with Crippen molar-refractivity contribution in [3.63, 3.8) is 0 Å². The van der Waals surface area contributed by atoms with Crippen LogP contribution in [-0.4, -0.2) is 29.7 Å². The van der Waals surface area contributed by atoms with Crippen LogP contribution in [0.4, 0.5) is 0 Å². The lowest BCUT2D eigenvalue weighted by Gasteiger charge is -2.36. The Hall–Kier alpha value is -2.76. The summed E-state index contributed by atoms with van der Waals surface area (Å²) in [5, 5.41) is 2.29. The minimum atomic E-state index is -0.213. The first-order valence-corrected chi connectivity index (χ1v) is 11.1. The number of Topliss-reactive ketones (excluding diaryl/α,β-unsaturated/α-hetero) is 1. The molecule has 1 aromatic heterocycles. The van der Waals surface area contributed by atoms with E-state index in [0.717, 1.165) is 73.1 Å². The van der Waals surface area contributed by atoms with Crippen molar-refractivity contribution in [1.82, 2.24) is 4.68 Å². The van der Waals surface area contributed by atoms with E-state index in [4.69, 9.17) is 9.47 Å². The molecule has 0 bridgehead atoms. The number of rotatable bonds is 6. The molecule has 6 rings (SSSR count). The highest BCUT2D eigenvalue weighted by Gasteiger charge is 2.37. The lowest BCUT2D eigenvalue weighted by molar-refractivity contribution is 0.101. The fourth-order valence-electron chi connectivity index (χ4n) is 4.81. The van der Waals surface area contributed by atoms with Crippen molar-refractivity contribution < 1.29 is 14.3 Å². The van der Waals surface area contributed by atoms with Gasteiger partial charge in [0.2, 0.25) is 0 Å². The zero-order valence-corrected chi connectivity index (χ0v) is 17.3. The van der Waals surface area contributed by atoms with E-state index in [0.29, 0.717) is 12.6 Å². The predicted octanol–water partition coefficient (Wildman–Crippen LogP) is 3.45. The molecular formula is C24H26N2O4. The molecule has 2 saturated carbocycles. The predicted molar refractivity (Wildman–Crippen MR) is 113 cm³/mol. The van der Waals surface area contributed by atoms with Gasteiger partial charge in [-0.3, -0.25) is 14.3 Å². The molecular weight excluding hydrogens is 380 g/mol. The third kappa shape index (κ3) is 2.92. The summed E-state index contributed by atoms with van der Waals surface area (Å²) in [5.41, 5.74) is 4.30. The summed E-state index contributed by atoms with van der Waals surface area (Å²) in [6.07, 6.45) is 8.57. The summed E-state index contributed by atoms with van der Waals surface area (Å²) >= 11 is 0. The Labute approximate surface area is 175 Å². The summed E-state index contributed by atoms with van der Waals surface area (Å²) < 4.78 is 14.2. The molecule has 0 saturated heterocycles. The van der Waals surface area contributed by atoms with Gasteiger partial charge in [0.1, 0.15) is 0 Å². The van der Waals surface area contributed by atoms with Crippen LogP contribution in [0.2, 0.25) is 0 Å². The van der Waals surface area contributed by atoms with Crippen LogP contribution in [0.15, 0.2) is 23.1 Å². The van der Waals surface area contributed by atoms with Gasteiger partial charge in [0.15, 0.2) is 22.7 Å². The van der Waals surface area contributed by atoms with Gasteiger partial charge in [-0.05, 0) is 43.7 Å². The number of hydrogen-bond acceptors (Lipinski definition) is 5. The number of fused-ring (bicyclic) bond motifs is 5. The van der Waals surface area contributed by atoms with Gasteiger partial charge in [-0.25, -0.2) is 0 Å². The Morgan fingerprint density at radius 3 is 2.80 bits per heavy atom.